The maximum absolute atomic E-state index is 13.6. The number of hydrogen-bond donors (Lipinski definition) is 1. The van der Waals surface area contributed by atoms with Crippen LogP contribution >= 0.6 is 15.9 Å². The maximum atomic E-state index is 13.6. The molecule has 1 N–H and O–H groups in total. The number of nitro groups is 1. The zero-order valence-corrected chi connectivity index (χ0v) is 23.3. The molecule has 0 aliphatic rings. The number of sulfonamides is 1. The number of benzene rings is 2. The molecule has 0 radical (unpaired) electrons. The average Bonchev–Trinajstić information content (AvgIpc) is 2.78. The topological polar surface area (TPSA) is 130 Å². The number of nitrogens with zero attached hydrogens (tertiary/aromatic N) is 3. The second-order valence-electron chi connectivity index (χ2n) is 8.96. The van der Waals surface area contributed by atoms with Gasteiger partial charge in [-0.3, -0.25) is 24.0 Å². The lowest BCUT2D eigenvalue weighted by Crippen LogP contribution is -2.51. The predicted molar refractivity (Wildman–Crippen MR) is 142 cm³/mol. The van der Waals surface area contributed by atoms with Gasteiger partial charge >= 0.3 is 0 Å². The Labute approximate surface area is 220 Å². The zero-order valence-electron chi connectivity index (χ0n) is 20.9. The van der Waals surface area contributed by atoms with E-state index in [0.717, 1.165) is 26.7 Å². The first-order valence-corrected chi connectivity index (χ1v) is 13.9. The Morgan fingerprint density at radius 3 is 2.36 bits per heavy atom. The van der Waals surface area contributed by atoms with Crippen molar-refractivity contribution in [2.24, 2.45) is 5.92 Å². The van der Waals surface area contributed by atoms with E-state index in [1.165, 1.54) is 17.0 Å². The minimum Gasteiger partial charge on any atom is -0.354 e. The largest absolute Gasteiger partial charge is 0.354 e. The highest BCUT2D eigenvalue weighted by Crippen LogP contribution is 2.28. The molecule has 0 fully saturated rings. The fourth-order valence-electron chi connectivity index (χ4n) is 3.44. The Kier molecular flexibility index (Phi) is 10.00. The molecule has 0 aliphatic heterocycles. The summed E-state index contributed by atoms with van der Waals surface area (Å²) < 4.78 is 27.0. The van der Waals surface area contributed by atoms with Crippen molar-refractivity contribution in [1.82, 2.24) is 10.2 Å². The van der Waals surface area contributed by atoms with E-state index >= 15 is 0 Å². The summed E-state index contributed by atoms with van der Waals surface area (Å²) in [6.07, 6.45) is 0.927. The molecule has 2 rings (SSSR count). The summed E-state index contributed by atoms with van der Waals surface area (Å²) in [5.41, 5.74) is 0.905. The van der Waals surface area contributed by atoms with Gasteiger partial charge in [-0.05, 0) is 43.0 Å². The second-order valence-corrected chi connectivity index (χ2v) is 11.8. The fourth-order valence-corrected chi connectivity index (χ4v) is 4.79. The second kappa shape index (κ2) is 12.3. The molecule has 2 aromatic carbocycles. The molecule has 0 aromatic heterocycles. The number of amides is 2. The van der Waals surface area contributed by atoms with Crippen LogP contribution in [0, 0.1) is 23.0 Å². The molecule has 196 valence electrons. The van der Waals surface area contributed by atoms with Crippen molar-refractivity contribution in [2.75, 3.05) is 23.7 Å². The zero-order chi connectivity index (χ0) is 27.2. The van der Waals surface area contributed by atoms with Gasteiger partial charge in [0.05, 0.1) is 16.9 Å². The summed E-state index contributed by atoms with van der Waals surface area (Å²) >= 11 is 3.39. The lowest BCUT2D eigenvalue weighted by atomic mass is 10.1. The van der Waals surface area contributed by atoms with Gasteiger partial charge < -0.3 is 10.2 Å². The molecule has 36 heavy (non-hydrogen) atoms. The molecule has 0 heterocycles. The van der Waals surface area contributed by atoms with Crippen LogP contribution in [0.15, 0.2) is 46.9 Å². The van der Waals surface area contributed by atoms with Gasteiger partial charge in [0.15, 0.2) is 0 Å². The van der Waals surface area contributed by atoms with Crippen molar-refractivity contribution in [3.05, 3.63) is 68.2 Å². The molecule has 0 bridgehead atoms. The third-order valence-electron chi connectivity index (χ3n) is 5.45. The highest BCUT2D eigenvalue weighted by molar-refractivity contribution is 9.10. The van der Waals surface area contributed by atoms with Crippen LogP contribution in [0.1, 0.15) is 31.9 Å². The number of nitrogens with one attached hydrogen (secondary N) is 1. The molecule has 10 nitrogen and oxygen atoms in total. The van der Waals surface area contributed by atoms with E-state index in [0.29, 0.717) is 12.1 Å². The number of aryl methyl sites for hydroxylation is 1. The molecule has 0 saturated heterocycles. The maximum Gasteiger partial charge on any atom is 0.271 e. The number of anilines is 1. The monoisotopic (exact) mass is 582 g/mol. The van der Waals surface area contributed by atoms with Gasteiger partial charge in [-0.25, -0.2) is 8.42 Å². The van der Waals surface area contributed by atoms with Crippen LogP contribution in [0.5, 0.6) is 0 Å². The van der Waals surface area contributed by atoms with E-state index in [-0.39, 0.29) is 29.7 Å². The van der Waals surface area contributed by atoms with Gasteiger partial charge in [-0.2, -0.15) is 0 Å². The van der Waals surface area contributed by atoms with Crippen LogP contribution in [0.25, 0.3) is 0 Å². The Morgan fingerprint density at radius 1 is 1.14 bits per heavy atom. The van der Waals surface area contributed by atoms with E-state index in [1.807, 2.05) is 19.9 Å². The van der Waals surface area contributed by atoms with E-state index < -0.39 is 33.4 Å². The number of nitro benzene ring substituents is 1. The van der Waals surface area contributed by atoms with Crippen molar-refractivity contribution >= 4 is 49.1 Å². The number of carbonyl (C=O) groups is 2. The smallest absolute Gasteiger partial charge is 0.271 e. The lowest BCUT2D eigenvalue weighted by molar-refractivity contribution is -0.384. The first-order valence-electron chi connectivity index (χ1n) is 11.2. The van der Waals surface area contributed by atoms with Crippen molar-refractivity contribution in [3.8, 4) is 0 Å². The van der Waals surface area contributed by atoms with E-state index in [1.54, 1.807) is 32.0 Å². The van der Waals surface area contributed by atoms with Crippen LogP contribution in [0.3, 0.4) is 0 Å². The number of rotatable bonds is 11. The summed E-state index contributed by atoms with van der Waals surface area (Å²) in [4.78, 5) is 38.4. The Balaban J connectivity index is 2.46. The summed E-state index contributed by atoms with van der Waals surface area (Å²) in [5, 5.41) is 14.1. The minimum absolute atomic E-state index is 0.0272. The molecule has 1 atom stereocenters. The van der Waals surface area contributed by atoms with Gasteiger partial charge in [-0.1, -0.05) is 48.0 Å². The van der Waals surface area contributed by atoms with Crippen molar-refractivity contribution < 1.29 is 22.9 Å². The molecule has 12 heteroatoms. The summed E-state index contributed by atoms with van der Waals surface area (Å²) in [7, 11) is -4.00. The van der Waals surface area contributed by atoms with Gasteiger partial charge in [0.2, 0.25) is 21.8 Å². The molecule has 0 spiro atoms. The number of halogens is 1. The molecule has 0 unspecified atom stereocenters. The number of carbonyl (C=O) groups excluding carboxylic acids is 2. The Hall–Kier alpha value is -2.99. The molecular formula is C24H31BrN4O6S. The summed E-state index contributed by atoms with van der Waals surface area (Å²) in [6, 6.07) is 10.1. The third-order valence-corrected chi connectivity index (χ3v) is 7.06. The van der Waals surface area contributed by atoms with Crippen LogP contribution in [-0.4, -0.2) is 55.4 Å². The standard InChI is InChI=1S/C24H31BrN4O6S/c1-16(2)13-26-24(31)18(4)27(14-19-7-6-8-20(25)11-19)23(30)15-28(36(5,34)35)22-12-21(29(32)33)10-9-17(22)3/h6-12,16,18H,13-15H2,1-5H3,(H,26,31)/t18-/m0/s1. The average molecular weight is 584 g/mol. The molecule has 2 amide bonds. The van der Waals surface area contributed by atoms with Gasteiger partial charge in [0.25, 0.3) is 5.69 Å². The van der Waals surface area contributed by atoms with Crippen molar-refractivity contribution in [3.63, 3.8) is 0 Å². The Morgan fingerprint density at radius 2 is 1.81 bits per heavy atom. The van der Waals surface area contributed by atoms with Crippen LogP contribution < -0.4 is 9.62 Å². The molecule has 0 aliphatic carbocycles. The van der Waals surface area contributed by atoms with Crippen LogP contribution in [0.2, 0.25) is 0 Å². The van der Waals surface area contributed by atoms with Crippen LogP contribution in [0.4, 0.5) is 11.4 Å². The third kappa shape index (κ3) is 8.02. The van der Waals surface area contributed by atoms with Crippen LogP contribution in [-0.2, 0) is 26.2 Å². The van der Waals surface area contributed by atoms with E-state index in [9.17, 15) is 28.1 Å². The normalized spacial score (nSPS) is 12.2. The van der Waals surface area contributed by atoms with E-state index in [2.05, 4.69) is 21.2 Å². The number of non-ortho nitro benzene ring substituents is 1. The number of hydrogen-bond acceptors (Lipinski definition) is 6. The highest BCUT2D eigenvalue weighted by Gasteiger charge is 2.31. The predicted octanol–water partition coefficient (Wildman–Crippen LogP) is 3.62. The first-order chi connectivity index (χ1) is 16.7. The van der Waals surface area contributed by atoms with Gasteiger partial charge in [-0.15, -0.1) is 0 Å². The van der Waals surface area contributed by atoms with Crippen molar-refractivity contribution in [2.45, 2.75) is 40.3 Å². The Bertz CT molecular complexity index is 1230. The summed E-state index contributed by atoms with van der Waals surface area (Å²) in [6.45, 7) is 6.92. The first kappa shape index (κ1) is 29.2. The molecule has 0 saturated carbocycles. The van der Waals surface area contributed by atoms with Gasteiger partial charge in [0.1, 0.15) is 12.6 Å². The highest BCUT2D eigenvalue weighted by atomic mass is 79.9. The summed E-state index contributed by atoms with van der Waals surface area (Å²) in [5.74, 6) is -0.795. The molecule has 2 aromatic rings. The molecular weight excluding hydrogens is 552 g/mol. The van der Waals surface area contributed by atoms with E-state index in [4.69, 9.17) is 0 Å². The fraction of sp³-hybridized carbons (Fsp3) is 0.417. The van der Waals surface area contributed by atoms with Crippen molar-refractivity contribution in [1.29, 1.82) is 0 Å². The van der Waals surface area contributed by atoms with Gasteiger partial charge in [0, 0.05) is 29.7 Å². The SMILES string of the molecule is Cc1ccc([N+](=O)[O-])cc1N(CC(=O)N(Cc1cccc(Br)c1)[C@@H](C)C(=O)NCC(C)C)S(C)(=O)=O. The minimum atomic E-state index is -4.00. The lowest BCUT2D eigenvalue weighted by Gasteiger charge is -2.32. The quantitative estimate of drug-likeness (QED) is 0.318.